The Morgan fingerprint density at radius 3 is 2.67 bits per heavy atom. The molecule has 3 aromatic rings. The maximum absolute atomic E-state index is 15.1. The molecule has 3 atom stereocenters. The highest BCUT2D eigenvalue weighted by Gasteiger charge is 2.42. The number of esters is 1. The van der Waals surface area contributed by atoms with Crippen molar-refractivity contribution < 1.29 is 32.6 Å². The topological polar surface area (TPSA) is 106 Å². The van der Waals surface area contributed by atoms with E-state index in [1.54, 1.807) is 44.0 Å². The van der Waals surface area contributed by atoms with Crippen LogP contribution in [0.5, 0.6) is 17.5 Å². The molecule has 2 aliphatic heterocycles. The van der Waals surface area contributed by atoms with Crippen LogP contribution in [0.15, 0.2) is 36.9 Å². The van der Waals surface area contributed by atoms with Crippen molar-refractivity contribution in [3.8, 4) is 29.9 Å². The van der Waals surface area contributed by atoms with Gasteiger partial charge in [0.1, 0.15) is 24.3 Å². The Balaban J connectivity index is 1.39. The van der Waals surface area contributed by atoms with Crippen LogP contribution in [0.25, 0.3) is 10.8 Å². The number of likely N-dealkylation sites (tertiary alicyclic amines) is 1. The first-order valence-corrected chi connectivity index (χ1v) is 17.9. The number of ether oxygens (including phenoxy) is 3. The Morgan fingerprint density at radius 2 is 2.02 bits per heavy atom. The highest BCUT2D eigenvalue weighted by Crippen LogP contribution is 2.43. The van der Waals surface area contributed by atoms with E-state index in [9.17, 15) is 14.0 Å². The molecule has 3 aliphatic rings. The standard InChI is InChI=1S/C40H47F2N5O5/c1-8-29-31(42)13-12-25-16-28(52-37(49)24(3)4)18-30(34(25)29)26-17-32-35(50-21-26)36(43-22-40(14-10-11-15-40)47(7)33(48)9-2)45-38(44-32)51-23-39(5)19-27(41)20-46(39)6/h1,9,12-13,16,18,24,26-27H,2,10-11,14-15,17,19-23H2,3-7H3,(H,43,44,45)/t26-,27+,39-/m0/s1. The fraction of sp³-hybridized carbons (Fsp3) is 0.500. The largest absolute Gasteiger partial charge is 0.487 e. The highest BCUT2D eigenvalue weighted by molar-refractivity contribution is 5.93. The van der Waals surface area contributed by atoms with Crippen molar-refractivity contribution >= 4 is 28.5 Å². The van der Waals surface area contributed by atoms with Crippen LogP contribution in [0.2, 0.25) is 0 Å². The second-order valence-corrected chi connectivity index (χ2v) is 14.9. The van der Waals surface area contributed by atoms with Gasteiger partial charge in [0.25, 0.3) is 0 Å². The van der Waals surface area contributed by atoms with Crippen LogP contribution in [-0.4, -0.2) is 89.3 Å². The van der Waals surface area contributed by atoms with E-state index in [1.807, 2.05) is 18.9 Å². The lowest BCUT2D eigenvalue weighted by Crippen LogP contribution is -2.51. The number of fused-ring (bicyclic) bond motifs is 2. The molecule has 1 amide bonds. The first kappa shape index (κ1) is 37.0. The van der Waals surface area contributed by atoms with Crippen LogP contribution in [0.1, 0.15) is 75.6 Å². The fourth-order valence-corrected chi connectivity index (χ4v) is 7.71. The third kappa shape index (κ3) is 7.16. The molecule has 3 heterocycles. The predicted molar refractivity (Wildman–Crippen MR) is 195 cm³/mol. The van der Waals surface area contributed by atoms with Gasteiger partial charge in [-0.05, 0) is 62.0 Å². The number of benzene rings is 2. The lowest BCUT2D eigenvalue weighted by molar-refractivity contribution is -0.137. The average Bonchev–Trinajstić information content (AvgIpc) is 3.71. The lowest BCUT2D eigenvalue weighted by atomic mass is 9.86. The van der Waals surface area contributed by atoms with Crippen LogP contribution in [0.4, 0.5) is 14.6 Å². The summed E-state index contributed by atoms with van der Waals surface area (Å²) in [5, 5.41) is 4.63. The summed E-state index contributed by atoms with van der Waals surface area (Å²) < 4.78 is 47.9. The number of carbonyl (C=O) groups excluding carboxylic acids is 2. The third-order valence-corrected chi connectivity index (χ3v) is 11.0. The van der Waals surface area contributed by atoms with Gasteiger partial charge in [-0.3, -0.25) is 14.5 Å². The summed E-state index contributed by atoms with van der Waals surface area (Å²) in [7, 11) is 3.66. The van der Waals surface area contributed by atoms with E-state index >= 15 is 4.39 Å². The van der Waals surface area contributed by atoms with Gasteiger partial charge >= 0.3 is 12.0 Å². The number of hydrogen-bond donors (Lipinski definition) is 1. The first-order valence-electron chi connectivity index (χ1n) is 17.9. The van der Waals surface area contributed by atoms with E-state index in [2.05, 4.69) is 17.8 Å². The molecule has 1 N–H and O–H groups in total. The van der Waals surface area contributed by atoms with Gasteiger partial charge in [-0.1, -0.05) is 45.3 Å². The zero-order valence-corrected chi connectivity index (χ0v) is 30.6. The highest BCUT2D eigenvalue weighted by atomic mass is 19.1. The number of hydrogen-bond acceptors (Lipinski definition) is 9. The lowest BCUT2D eigenvalue weighted by Gasteiger charge is -2.39. The molecular weight excluding hydrogens is 668 g/mol. The molecule has 1 aromatic heterocycles. The van der Waals surface area contributed by atoms with Crippen LogP contribution < -0.4 is 19.5 Å². The Hall–Kier alpha value is -4.76. The predicted octanol–water partition coefficient (Wildman–Crippen LogP) is 6.21. The number of alkyl halides is 1. The van der Waals surface area contributed by atoms with Gasteiger partial charge < -0.3 is 24.4 Å². The van der Waals surface area contributed by atoms with Crippen molar-refractivity contribution in [1.29, 1.82) is 0 Å². The number of rotatable bonds is 11. The van der Waals surface area contributed by atoms with E-state index in [0.29, 0.717) is 65.3 Å². The van der Waals surface area contributed by atoms with Crippen molar-refractivity contribution in [1.82, 2.24) is 19.8 Å². The van der Waals surface area contributed by atoms with Gasteiger partial charge in [0.2, 0.25) is 5.91 Å². The van der Waals surface area contributed by atoms with E-state index < -0.39 is 29.0 Å². The number of terminal acetylenes is 1. The quantitative estimate of drug-likeness (QED) is 0.107. The number of likely N-dealkylation sites (N-methyl/N-ethyl adjacent to an activating group) is 2. The average molecular weight is 716 g/mol. The van der Waals surface area contributed by atoms with Crippen molar-refractivity contribution in [2.24, 2.45) is 5.92 Å². The van der Waals surface area contributed by atoms with Crippen LogP contribution in [0, 0.1) is 24.1 Å². The van der Waals surface area contributed by atoms with Gasteiger partial charge in [-0.25, -0.2) is 8.78 Å². The van der Waals surface area contributed by atoms with E-state index in [4.69, 9.17) is 30.6 Å². The van der Waals surface area contributed by atoms with Gasteiger partial charge in [-0.15, -0.1) is 6.42 Å². The van der Waals surface area contributed by atoms with Crippen LogP contribution >= 0.6 is 0 Å². The molecule has 1 saturated carbocycles. The Kier molecular flexibility index (Phi) is 10.5. The van der Waals surface area contributed by atoms with Crippen molar-refractivity contribution in [3.63, 3.8) is 0 Å². The molecule has 2 fully saturated rings. The van der Waals surface area contributed by atoms with Gasteiger partial charge in [0.05, 0.1) is 34.9 Å². The molecule has 52 heavy (non-hydrogen) atoms. The summed E-state index contributed by atoms with van der Waals surface area (Å²) in [5.74, 6) is 1.85. The molecular formula is C40H47F2N5O5. The molecule has 0 unspecified atom stereocenters. The maximum Gasteiger partial charge on any atom is 0.318 e. The summed E-state index contributed by atoms with van der Waals surface area (Å²) in [6.45, 7) is 10.2. The number of nitrogens with one attached hydrogen (secondary N) is 1. The summed E-state index contributed by atoms with van der Waals surface area (Å²) in [6.07, 6.45) is 10.4. The number of anilines is 1. The molecule has 0 bridgehead atoms. The molecule has 6 rings (SSSR count). The molecule has 2 aromatic carbocycles. The number of nitrogens with zero attached hydrogens (tertiary/aromatic N) is 4. The Labute approximate surface area is 303 Å². The Morgan fingerprint density at radius 1 is 1.27 bits per heavy atom. The molecule has 0 spiro atoms. The van der Waals surface area contributed by atoms with Crippen molar-refractivity contribution in [2.75, 3.05) is 45.7 Å². The SMILES string of the molecule is C#Cc1c(F)ccc2cc(OC(=O)C(C)C)cc([C@@H]3COc4c(nc(OC[C@]5(C)C[C@@H](F)CN5C)nc4NCC4(N(C)C(=O)C=C)CCCC4)C3)c12. The first-order chi connectivity index (χ1) is 24.8. The minimum atomic E-state index is -0.963. The van der Waals surface area contributed by atoms with Crippen molar-refractivity contribution in [2.45, 2.75) is 82.5 Å². The van der Waals surface area contributed by atoms with Gasteiger partial charge in [0.15, 0.2) is 11.6 Å². The minimum absolute atomic E-state index is 0.0956. The second kappa shape index (κ2) is 14.7. The number of halogens is 2. The van der Waals surface area contributed by atoms with E-state index in [0.717, 1.165) is 25.7 Å². The third-order valence-electron chi connectivity index (χ3n) is 11.0. The normalized spacial score (nSPS) is 22.4. The van der Waals surface area contributed by atoms with Crippen LogP contribution in [-0.2, 0) is 16.0 Å². The number of aromatic nitrogens is 2. The molecule has 1 aliphatic carbocycles. The second-order valence-electron chi connectivity index (χ2n) is 14.9. The van der Waals surface area contributed by atoms with Gasteiger partial charge in [0, 0.05) is 44.3 Å². The summed E-state index contributed by atoms with van der Waals surface area (Å²) in [6, 6.07) is 6.42. The van der Waals surface area contributed by atoms with E-state index in [-0.39, 0.29) is 42.5 Å². The molecule has 12 heteroatoms. The van der Waals surface area contributed by atoms with Gasteiger partial charge in [-0.2, -0.15) is 9.97 Å². The smallest absolute Gasteiger partial charge is 0.318 e. The van der Waals surface area contributed by atoms with Crippen molar-refractivity contribution in [3.05, 3.63) is 59.6 Å². The van der Waals surface area contributed by atoms with E-state index in [1.165, 1.54) is 12.1 Å². The number of carbonyl (C=O) groups is 2. The molecule has 1 saturated heterocycles. The maximum atomic E-state index is 15.1. The minimum Gasteiger partial charge on any atom is -0.487 e. The molecule has 276 valence electrons. The molecule has 10 nitrogen and oxygen atoms in total. The zero-order valence-electron chi connectivity index (χ0n) is 30.6. The molecule has 0 radical (unpaired) electrons. The fourth-order valence-electron chi connectivity index (χ4n) is 7.71. The zero-order chi connectivity index (χ0) is 37.4. The summed E-state index contributed by atoms with van der Waals surface area (Å²) >= 11 is 0. The summed E-state index contributed by atoms with van der Waals surface area (Å²) in [5.41, 5.74) is 0.287. The van der Waals surface area contributed by atoms with Crippen LogP contribution in [0.3, 0.4) is 0 Å². The number of amides is 1. The summed E-state index contributed by atoms with van der Waals surface area (Å²) in [4.78, 5) is 38.6. The Bertz CT molecular complexity index is 1920. The monoisotopic (exact) mass is 715 g/mol.